The van der Waals surface area contributed by atoms with Crippen LogP contribution in [0.3, 0.4) is 0 Å². The van der Waals surface area contributed by atoms with E-state index < -0.39 is 0 Å². The van der Waals surface area contributed by atoms with Gasteiger partial charge in [0.15, 0.2) is 5.52 Å². The van der Waals surface area contributed by atoms with Crippen LogP contribution in [0, 0.1) is 17.0 Å². The SMILES string of the molecule is Cc1nc2c([N+](=O)[O-])c(-c3ccccc3)ccc2s1. The summed E-state index contributed by atoms with van der Waals surface area (Å²) in [4.78, 5) is 15.3. The molecule has 3 aromatic rings. The summed E-state index contributed by atoms with van der Waals surface area (Å²) in [7, 11) is 0. The maximum atomic E-state index is 11.4. The molecule has 2 aromatic carbocycles. The summed E-state index contributed by atoms with van der Waals surface area (Å²) >= 11 is 1.47. The first kappa shape index (κ1) is 11.8. The summed E-state index contributed by atoms with van der Waals surface area (Å²) in [5.74, 6) is 0. The third-order valence-electron chi connectivity index (χ3n) is 2.91. The number of aromatic nitrogens is 1. The average Bonchev–Trinajstić information content (AvgIpc) is 2.78. The maximum absolute atomic E-state index is 11.4. The summed E-state index contributed by atoms with van der Waals surface area (Å²) in [5, 5.41) is 12.2. The van der Waals surface area contributed by atoms with Gasteiger partial charge in [0, 0.05) is 0 Å². The fraction of sp³-hybridized carbons (Fsp3) is 0.0714. The largest absolute Gasteiger partial charge is 0.304 e. The van der Waals surface area contributed by atoms with Gasteiger partial charge in [-0.15, -0.1) is 11.3 Å². The molecule has 0 amide bonds. The van der Waals surface area contributed by atoms with Gasteiger partial charge in [-0.05, 0) is 24.6 Å². The minimum Gasteiger partial charge on any atom is -0.258 e. The van der Waals surface area contributed by atoms with Crippen molar-refractivity contribution in [3.8, 4) is 11.1 Å². The van der Waals surface area contributed by atoms with Crippen molar-refractivity contribution in [2.45, 2.75) is 6.92 Å². The smallest absolute Gasteiger partial charge is 0.258 e. The second kappa shape index (κ2) is 4.44. The first-order chi connectivity index (χ1) is 9.16. The predicted molar refractivity (Wildman–Crippen MR) is 76.4 cm³/mol. The third kappa shape index (κ3) is 1.98. The topological polar surface area (TPSA) is 56.0 Å². The van der Waals surface area contributed by atoms with Crippen molar-refractivity contribution in [3.05, 3.63) is 57.6 Å². The lowest BCUT2D eigenvalue weighted by molar-refractivity contribution is -0.382. The number of fused-ring (bicyclic) bond motifs is 1. The van der Waals surface area contributed by atoms with Gasteiger partial charge < -0.3 is 0 Å². The second-order valence-electron chi connectivity index (χ2n) is 4.16. The van der Waals surface area contributed by atoms with E-state index in [0.29, 0.717) is 11.1 Å². The second-order valence-corrected chi connectivity index (χ2v) is 5.40. The fourth-order valence-corrected chi connectivity index (χ4v) is 2.96. The van der Waals surface area contributed by atoms with Crippen LogP contribution in [0.4, 0.5) is 5.69 Å². The molecule has 3 rings (SSSR count). The molecule has 0 aliphatic carbocycles. The number of benzene rings is 2. The Balaban J connectivity index is 2.36. The molecule has 0 saturated carbocycles. The van der Waals surface area contributed by atoms with E-state index in [9.17, 15) is 10.1 Å². The van der Waals surface area contributed by atoms with Gasteiger partial charge in [0.25, 0.3) is 0 Å². The zero-order chi connectivity index (χ0) is 13.4. The molecule has 4 nitrogen and oxygen atoms in total. The molecule has 0 aliphatic heterocycles. The lowest BCUT2D eigenvalue weighted by atomic mass is 10.0. The van der Waals surface area contributed by atoms with Crippen LogP contribution in [0.15, 0.2) is 42.5 Å². The Hall–Kier alpha value is -2.27. The number of hydrogen-bond acceptors (Lipinski definition) is 4. The van der Waals surface area contributed by atoms with E-state index in [4.69, 9.17) is 0 Å². The zero-order valence-corrected chi connectivity index (χ0v) is 11.0. The van der Waals surface area contributed by atoms with Crippen LogP contribution in [0.2, 0.25) is 0 Å². The molecule has 5 heteroatoms. The Bertz CT molecular complexity index is 766. The van der Waals surface area contributed by atoms with E-state index in [2.05, 4.69) is 4.98 Å². The van der Waals surface area contributed by atoms with Gasteiger partial charge in [0.1, 0.15) is 0 Å². The first-order valence-corrected chi connectivity index (χ1v) is 6.58. The molecular weight excluding hydrogens is 260 g/mol. The van der Waals surface area contributed by atoms with E-state index in [1.807, 2.05) is 43.3 Å². The number of rotatable bonds is 2. The number of nitrogens with zero attached hydrogens (tertiary/aromatic N) is 2. The highest BCUT2D eigenvalue weighted by atomic mass is 32.1. The van der Waals surface area contributed by atoms with Gasteiger partial charge in [0.2, 0.25) is 0 Å². The summed E-state index contributed by atoms with van der Waals surface area (Å²) < 4.78 is 0.851. The highest BCUT2D eigenvalue weighted by Crippen LogP contribution is 2.37. The Labute approximate surface area is 113 Å². The highest BCUT2D eigenvalue weighted by molar-refractivity contribution is 7.18. The Morgan fingerprint density at radius 1 is 1.16 bits per heavy atom. The fourth-order valence-electron chi connectivity index (χ4n) is 2.13. The molecule has 1 heterocycles. The van der Waals surface area contributed by atoms with Gasteiger partial charge in [-0.1, -0.05) is 30.3 Å². The maximum Gasteiger partial charge on any atom is 0.304 e. The van der Waals surface area contributed by atoms with Crippen molar-refractivity contribution in [2.24, 2.45) is 0 Å². The van der Waals surface area contributed by atoms with Gasteiger partial charge in [-0.2, -0.15) is 0 Å². The first-order valence-electron chi connectivity index (χ1n) is 5.77. The van der Waals surface area contributed by atoms with Crippen LogP contribution in [0.25, 0.3) is 21.3 Å². The Morgan fingerprint density at radius 3 is 2.58 bits per heavy atom. The van der Waals surface area contributed by atoms with E-state index in [1.165, 1.54) is 11.3 Å². The van der Waals surface area contributed by atoms with Gasteiger partial charge in [0.05, 0.1) is 20.2 Å². The summed E-state index contributed by atoms with van der Waals surface area (Å²) in [6, 6.07) is 13.1. The molecule has 0 aliphatic rings. The van der Waals surface area contributed by atoms with Crippen LogP contribution in [-0.4, -0.2) is 9.91 Å². The third-order valence-corrected chi connectivity index (χ3v) is 3.84. The molecule has 0 spiro atoms. The summed E-state index contributed by atoms with van der Waals surface area (Å²) in [6.07, 6.45) is 0. The zero-order valence-electron chi connectivity index (χ0n) is 10.2. The molecule has 19 heavy (non-hydrogen) atoms. The van der Waals surface area contributed by atoms with Crippen molar-refractivity contribution in [1.29, 1.82) is 0 Å². The van der Waals surface area contributed by atoms with E-state index in [1.54, 1.807) is 6.07 Å². The summed E-state index contributed by atoms with van der Waals surface area (Å²) in [5.41, 5.74) is 2.02. The molecule has 0 fully saturated rings. The van der Waals surface area contributed by atoms with Gasteiger partial charge >= 0.3 is 5.69 Å². The molecule has 1 aromatic heterocycles. The molecule has 0 unspecified atom stereocenters. The van der Waals surface area contributed by atoms with E-state index in [0.717, 1.165) is 15.3 Å². The van der Waals surface area contributed by atoms with Crippen molar-refractivity contribution in [2.75, 3.05) is 0 Å². The standard InChI is InChI=1S/C14H10N2O2S/c1-9-15-13-12(19-9)8-7-11(14(13)16(17)18)10-5-3-2-4-6-10/h2-8H,1H3. The normalized spacial score (nSPS) is 10.8. The monoisotopic (exact) mass is 270 g/mol. The van der Waals surface area contributed by atoms with E-state index in [-0.39, 0.29) is 10.6 Å². The van der Waals surface area contributed by atoms with Gasteiger partial charge in [-0.25, -0.2) is 4.98 Å². The van der Waals surface area contributed by atoms with Crippen molar-refractivity contribution in [3.63, 3.8) is 0 Å². The van der Waals surface area contributed by atoms with Crippen LogP contribution in [0.1, 0.15) is 5.01 Å². The number of aryl methyl sites for hydroxylation is 1. The van der Waals surface area contributed by atoms with E-state index >= 15 is 0 Å². The number of nitro benzene ring substituents is 1. The molecule has 0 radical (unpaired) electrons. The number of nitro groups is 1. The predicted octanol–water partition coefficient (Wildman–Crippen LogP) is 4.18. The van der Waals surface area contributed by atoms with Crippen LogP contribution < -0.4 is 0 Å². The Kier molecular flexibility index (Phi) is 2.76. The lowest BCUT2D eigenvalue weighted by Gasteiger charge is -2.03. The van der Waals surface area contributed by atoms with Crippen molar-refractivity contribution in [1.82, 2.24) is 4.98 Å². The van der Waals surface area contributed by atoms with Crippen molar-refractivity contribution >= 4 is 27.2 Å². The minimum atomic E-state index is -0.343. The average molecular weight is 270 g/mol. The summed E-state index contributed by atoms with van der Waals surface area (Å²) in [6.45, 7) is 1.86. The molecule has 0 saturated heterocycles. The van der Waals surface area contributed by atoms with Crippen LogP contribution >= 0.6 is 11.3 Å². The molecule has 0 N–H and O–H groups in total. The lowest BCUT2D eigenvalue weighted by Crippen LogP contribution is -1.93. The molecule has 0 atom stereocenters. The van der Waals surface area contributed by atoms with Gasteiger partial charge in [-0.3, -0.25) is 10.1 Å². The molecule has 0 bridgehead atoms. The number of hydrogen-bond donors (Lipinski definition) is 0. The Morgan fingerprint density at radius 2 is 1.89 bits per heavy atom. The molecule has 94 valence electrons. The van der Waals surface area contributed by atoms with Crippen molar-refractivity contribution < 1.29 is 4.92 Å². The number of thiazole rings is 1. The minimum absolute atomic E-state index is 0.0908. The molecular formula is C14H10N2O2S. The highest BCUT2D eigenvalue weighted by Gasteiger charge is 2.22. The van der Waals surface area contributed by atoms with Crippen LogP contribution in [-0.2, 0) is 0 Å². The van der Waals surface area contributed by atoms with Crippen LogP contribution in [0.5, 0.6) is 0 Å². The quantitative estimate of drug-likeness (QED) is 0.518.